The van der Waals surface area contributed by atoms with Crippen LogP contribution in [0, 0.1) is 0 Å². The van der Waals surface area contributed by atoms with Crippen molar-refractivity contribution in [3.8, 4) is 11.5 Å². The first kappa shape index (κ1) is 10.6. The van der Waals surface area contributed by atoms with Crippen LogP contribution >= 0.6 is 0 Å². The quantitative estimate of drug-likeness (QED) is 0.715. The highest BCUT2D eigenvalue weighted by Crippen LogP contribution is 2.48. The molecule has 1 saturated heterocycles. The van der Waals surface area contributed by atoms with Gasteiger partial charge in [0.25, 0.3) is 0 Å². The van der Waals surface area contributed by atoms with E-state index in [9.17, 15) is 4.79 Å². The minimum Gasteiger partial charge on any atom is -0.455 e. The van der Waals surface area contributed by atoms with E-state index in [-0.39, 0.29) is 11.9 Å². The van der Waals surface area contributed by atoms with E-state index in [1.54, 1.807) is 0 Å². The molecule has 2 aromatic rings. The first-order valence-corrected chi connectivity index (χ1v) is 6.52. The van der Waals surface area contributed by atoms with Crippen molar-refractivity contribution in [2.75, 3.05) is 4.90 Å². The molecule has 1 unspecified atom stereocenters. The minimum atomic E-state index is 0.104. The molecular formula is C16H13NO2. The van der Waals surface area contributed by atoms with Gasteiger partial charge in [0.15, 0.2) is 5.75 Å². The van der Waals surface area contributed by atoms with Crippen molar-refractivity contribution in [3.05, 3.63) is 54.1 Å². The van der Waals surface area contributed by atoms with Gasteiger partial charge in [0.05, 0.1) is 11.7 Å². The maximum atomic E-state index is 12.2. The summed E-state index contributed by atoms with van der Waals surface area (Å²) in [7, 11) is 0. The van der Waals surface area contributed by atoms with Crippen LogP contribution in [0.1, 0.15) is 24.4 Å². The van der Waals surface area contributed by atoms with Crippen LogP contribution in [0.2, 0.25) is 0 Å². The molecule has 19 heavy (non-hydrogen) atoms. The summed E-state index contributed by atoms with van der Waals surface area (Å²) in [5.74, 6) is 1.79. The van der Waals surface area contributed by atoms with Gasteiger partial charge in [-0.3, -0.25) is 4.79 Å². The molecule has 2 aromatic carbocycles. The molecule has 0 aliphatic carbocycles. The molecule has 1 amide bonds. The van der Waals surface area contributed by atoms with Crippen molar-refractivity contribution < 1.29 is 9.53 Å². The van der Waals surface area contributed by atoms with Crippen LogP contribution in [0.15, 0.2) is 48.5 Å². The Labute approximate surface area is 111 Å². The topological polar surface area (TPSA) is 29.5 Å². The van der Waals surface area contributed by atoms with Gasteiger partial charge in [-0.2, -0.15) is 0 Å². The van der Waals surface area contributed by atoms with Crippen LogP contribution in [-0.2, 0) is 4.79 Å². The predicted octanol–water partition coefficient (Wildman–Crippen LogP) is 3.66. The van der Waals surface area contributed by atoms with Gasteiger partial charge in [0.1, 0.15) is 5.75 Å². The van der Waals surface area contributed by atoms with E-state index in [4.69, 9.17) is 4.74 Å². The molecule has 2 heterocycles. The second-order valence-electron chi connectivity index (χ2n) is 4.93. The Hall–Kier alpha value is -2.29. The van der Waals surface area contributed by atoms with Crippen molar-refractivity contribution in [2.45, 2.75) is 18.9 Å². The third kappa shape index (κ3) is 1.48. The second kappa shape index (κ2) is 3.85. The SMILES string of the molecule is O=C1CCC2c3ccccc3Oc3ccccc3N12. The average Bonchev–Trinajstić information content (AvgIpc) is 2.75. The Morgan fingerprint density at radius 3 is 2.63 bits per heavy atom. The molecule has 0 bridgehead atoms. The summed E-state index contributed by atoms with van der Waals surface area (Å²) in [6.45, 7) is 0. The smallest absolute Gasteiger partial charge is 0.227 e. The van der Waals surface area contributed by atoms with E-state index in [0.29, 0.717) is 6.42 Å². The highest BCUT2D eigenvalue weighted by Gasteiger charge is 2.38. The molecular weight excluding hydrogens is 238 g/mol. The normalized spacial score (nSPS) is 20.1. The minimum absolute atomic E-state index is 0.104. The van der Waals surface area contributed by atoms with Crippen LogP contribution in [0.3, 0.4) is 0 Å². The number of ether oxygens (including phenoxy) is 1. The van der Waals surface area contributed by atoms with Crippen molar-refractivity contribution in [1.29, 1.82) is 0 Å². The third-order valence-electron chi connectivity index (χ3n) is 3.83. The van der Waals surface area contributed by atoms with E-state index in [2.05, 4.69) is 6.07 Å². The summed E-state index contributed by atoms with van der Waals surface area (Å²) in [4.78, 5) is 14.1. The molecule has 0 aromatic heterocycles. The number of anilines is 1. The average molecular weight is 251 g/mol. The molecule has 1 fully saturated rings. The standard InChI is InChI=1S/C16H13NO2/c18-16-10-9-12-11-5-1-3-7-14(11)19-15-8-4-2-6-13(15)17(12)16/h1-8,12H,9-10H2. The number of carbonyl (C=O) groups excluding carboxylic acids is 1. The Kier molecular flexibility index (Phi) is 2.15. The molecule has 2 aliphatic rings. The highest BCUT2D eigenvalue weighted by atomic mass is 16.5. The van der Waals surface area contributed by atoms with E-state index < -0.39 is 0 Å². The monoisotopic (exact) mass is 251 g/mol. The Bertz CT molecular complexity index is 665. The summed E-state index contributed by atoms with van der Waals surface area (Å²) < 4.78 is 5.99. The number of hydrogen-bond acceptors (Lipinski definition) is 2. The molecule has 3 nitrogen and oxygen atoms in total. The number of benzene rings is 2. The van der Waals surface area contributed by atoms with Crippen molar-refractivity contribution >= 4 is 11.6 Å². The van der Waals surface area contributed by atoms with E-state index in [1.165, 1.54) is 0 Å². The second-order valence-corrected chi connectivity index (χ2v) is 4.93. The van der Waals surface area contributed by atoms with Crippen LogP contribution in [0.5, 0.6) is 11.5 Å². The number of nitrogens with zero attached hydrogens (tertiary/aromatic N) is 1. The van der Waals surface area contributed by atoms with Crippen molar-refractivity contribution in [3.63, 3.8) is 0 Å². The zero-order valence-corrected chi connectivity index (χ0v) is 10.4. The number of carbonyl (C=O) groups is 1. The molecule has 0 spiro atoms. The molecule has 2 aliphatic heterocycles. The molecule has 0 saturated carbocycles. The fourth-order valence-corrected chi connectivity index (χ4v) is 2.99. The Balaban J connectivity index is 1.98. The summed E-state index contributed by atoms with van der Waals surface area (Å²) in [5.41, 5.74) is 1.98. The summed E-state index contributed by atoms with van der Waals surface area (Å²) in [6.07, 6.45) is 1.46. The molecule has 94 valence electrons. The van der Waals surface area contributed by atoms with Crippen molar-refractivity contribution in [1.82, 2.24) is 0 Å². The number of fused-ring (bicyclic) bond motifs is 5. The van der Waals surface area contributed by atoms with E-state index in [1.807, 2.05) is 47.4 Å². The molecule has 0 N–H and O–H groups in total. The lowest BCUT2D eigenvalue weighted by Crippen LogP contribution is -2.26. The van der Waals surface area contributed by atoms with E-state index >= 15 is 0 Å². The zero-order valence-electron chi connectivity index (χ0n) is 10.4. The lowest BCUT2D eigenvalue weighted by molar-refractivity contribution is -0.117. The maximum Gasteiger partial charge on any atom is 0.227 e. The maximum absolute atomic E-state index is 12.2. The van der Waals surface area contributed by atoms with Gasteiger partial charge in [-0.25, -0.2) is 0 Å². The first-order chi connectivity index (χ1) is 9.34. The highest BCUT2D eigenvalue weighted by molar-refractivity contribution is 5.98. The lowest BCUT2D eigenvalue weighted by atomic mass is 10.0. The molecule has 3 heteroatoms. The van der Waals surface area contributed by atoms with Crippen LogP contribution in [-0.4, -0.2) is 5.91 Å². The summed E-state index contributed by atoms with van der Waals surface area (Å²) in [5, 5.41) is 0. The number of amides is 1. The number of rotatable bonds is 0. The van der Waals surface area contributed by atoms with Crippen LogP contribution in [0.4, 0.5) is 5.69 Å². The Morgan fingerprint density at radius 1 is 1.00 bits per heavy atom. The van der Waals surface area contributed by atoms with Crippen LogP contribution in [0.25, 0.3) is 0 Å². The largest absolute Gasteiger partial charge is 0.455 e. The van der Waals surface area contributed by atoms with Gasteiger partial charge >= 0.3 is 0 Å². The third-order valence-corrected chi connectivity index (χ3v) is 3.83. The predicted molar refractivity (Wildman–Crippen MR) is 72.4 cm³/mol. The van der Waals surface area contributed by atoms with Gasteiger partial charge in [-0.15, -0.1) is 0 Å². The Morgan fingerprint density at radius 2 is 1.74 bits per heavy atom. The van der Waals surface area contributed by atoms with Gasteiger partial charge in [-0.1, -0.05) is 30.3 Å². The van der Waals surface area contributed by atoms with Crippen LogP contribution < -0.4 is 9.64 Å². The van der Waals surface area contributed by atoms with Gasteiger partial charge in [-0.05, 0) is 24.6 Å². The number of hydrogen-bond donors (Lipinski definition) is 0. The van der Waals surface area contributed by atoms with Gasteiger partial charge < -0.3 is 9.64 Å². The van der Waals surface area contributed by atoms with Gasteiger partial charge in [0, 0.05) is 12.0 Å². The lowest BCUT2D eigenvalue weighted by Gasteiger charge is -2.23. The zero-order chi connectivity index (χ0) is 12.8. The summed E-state index contributed by atoms with van der Waals surface area (Å²) >= 11 is 0. The molecule has 4 rings (SSSR count). The van der Waals surface area contributed by atoms with Gasteiger partial charge in [0.2, 0.25) is 5.91 Å². The summed E-state index contributed by atoms with van der Waals surface area (Å²) in [6, 6.07) is 15.8. The first-order valence-electron chi connectivity index (χ1n) is 6.52. The fraction of sp³-hybridized carbons (Fsp3) is 0.188. The fourth-order valence-electron chi connectivity index (χ4n) is 2.99. The number of para-hydroxylation sites is 3. The van der Waals surface area contributed by atoms with Crippen molar-refractivity contribution in [2.24, 2.45) is 0 Å². The molecule has 0 radical (unpaired) electrons. The van der Waals surface area contributed by atoms with E-state index in [0.717, 1.165) is 29.2 Å². The molecule has 1 atom stereocenters.